The first kappa shape index (κ1) is 18.0. The summed E-state index contributed by atoms with van der Waals surface area (Å²) < 4.78 is 10.9. The van der Waals surface area contributed by atoms with E-state index in [1.165, 1.54) is 0 Å². The summed E-state index contributed by atoms with van der Waals surface area (Å²) in [5.74, 6) is 0.906. The number of anilines is 1. The van der Waals surface area contributed by atoms with Crippen molar-refractivity contribution < 1.29 is 14.3 Å². The van der Waals surface area contributed by atoms with Crippen LogP contribution in [0, 0.1) is 6.92 Å². The fraction of sp³-hybridized carbons (Fsp3) is 0.421. The highest BCUT2D eigenvalue weighted by Crippen LogP contribution is 2.23. The zero-order chi connectivity index (χ0) is 18.4. The molecule has 26 heavy (non-hydrogen) atoms. The zero-order valence-corrected chi connectivity index (χ0v) is 15.1. The average molecular weight is 356 g/mol. The first-order valence-electron chi connectivity index (χ1n) is 8.80. The van der Waals surface area contributed by atoms with Crippen molar-refractivity contribution >= 4 is 11.7 Å². The fourth-order valence-corrected chi connectivity index (χ4v) is 3.04. The molecule has 0 unspecified atom stereocenters. The molecule has 1 aliphatic carbocycles. The normalized spacial score (nSPS) is 19.5. The molecule has 0 bridgehead atoms. The molecule has 0 atom stereocenters. The highest BCUT2D eigenvalue weighted by molar-refractivity contribution is 5.90. The number of methoxy groups -OCH3 is 1. The standard InChI is InChI=1S/C19H24N4O3/c1-13-5-3-4-6-16(13)22-19(24)21-14-7-9-15(10-8-14)26-18-12-20-11-17(23-18)25-2/h3-6,11-12,14-15H,7-10H2,1-2H3,(H2,21,22,24). The molecule has 7 nitrogen and oxygen atoms in total. The van der Waals surface area contributed by atoms with Crippen molar-refractivity contribution in [3.8, 4) is 11.8 Å². The number of hydrogen-bond acceptors (Lipinski definition) is 5. The monoisotopic (exact) mass is 356 g/mol. The first-order chi connectivity index (χ1) is 12.6. The molecule has 2 N–H and O–H groups in total. The summed E-state index contributed by atoms with van der Waals surface area (Å²) in [6.07, 6.45) is 6.65. The molecule has 2 aromatic rings. The number of rotatable bonds is 5. The fourth-order valence-electron chi connectivity index (χ4n) is 3.04. The van der Waals surface area contributed by atoms with E-state index in [-0.39, 0.29) is 18.2 Å². The summed E-state index contributed by atoms with van der Waals surface area (Å²) in [7, 11) is 1.55. The zero-order valence-electron chi connectivity index (χ0n) is 15.1. The van der Waals surface area contributed by atoms with Crippen LogP contribution in [-0.2, 0) is 0 Å². The predicted molar refractivity (Wildman–Crippen MR) is 98.6 cm³/mol. The maximum Gasteiger partial charge on any atom is 0.319 e. The minimum absolute atomic E-state index is 0.0777. The molecule has 1 saturated carbocycles. The second-order valence-corrected chi connectivity index (χ2v) is 6.40. The largest absolute Gasteiger partial charge is 0.480 e. The second-order valence-electron chi connectivity index (χ2n) is 6.40. The molecular weight excluding hydrogens is 332 g/mol. The molecule has 138 valence electrons. The molecule has 0 aliphatic heterocycles. The molecule has 1 aromatic carbocycles. The number of carbonyl (C=O) groups excluding carboxylic acids is 1. The molecule has 1 heterocycles. The number of aryl methyl sites for hydroxylation is 1. The van der Waals surface area contributed by atoms with Gasteiger partial charge in [-0.15, -0.1) is 0 Å². The lowest BCUT2D eigenvalue weighted by Gasteiger charge is -2.29. The van der Waals surface area contributed by atoms with Crippen molar-refractivity contribution in [3.05, 3.63) is 42.2 Å². The van der Waals surface area contributed by atoms with Crippen LogP contribution in [0.25, 0.3) is 0 Å². The van der Waals surface area contributed by atoms with E-state index >= 15 is 0 Å². The Morgan fingerprint density at radius 3 is 2.58 bits per heavy atom. The van der Waals surface area contributed by atoms with Gasteiger partial charge >= 0.3 is 6.03 Å². The van der Waals surface area contributed by atoms with Crippen molar-refractivity contribution in [3.63, 3.8) is 0 Å². The first-order valence-corrected chi connectivity index (χ1v) is 8.80. The van der Waals surface area contributed by atoms with Crippen molar-refractivity contribution in [2.75, 3.05) is 12.4 Å². The Bertz CT molecular complexity index is 745. The average Bonchev–Trinajstić information content (AvgIpc) is 2.65. The number of ether oxygens (including phenoxy) is 2. The molecule has 3 rings (SSSR count). The van der Waals surface area contributed by atoms with Crippen LogP contribution in [0.5, 0.6) is 11.8 Å². The van der Waals surface area contributed by atoms with Gasteiger partial charge < -0.3 is 20.1 Å². The number of nitrogens with zero attached hydrogens (tertiary/aromatic N) is 2. The third-order valence-electron chi connectivity index (χ3n) is 4.49. The van der Waals surface area contributed by atoms with E-state index in [1.807, 2.05) is 31.2 Å². The van der Waals surface area contributed by atoms with Crippen LogP contribution < -0.4 is 20.1 Å². The van der Waals surface area contributed by atoms with Gasteiger partial charge in [0.15, 0.2) is 0 Å². The van der Waals surface area contributed by atoms with E-state index in [0.717, 1.165) is 36.9 Å². The molecule has 0 saturated heterocycles. The lowest BCUT2D eigenvalue weighted by atomic mass is 9.93. The Balaban J connectivity index is 1.44. The van der Waals surface area contributed by atoms with E-state index in [2.05, 4.69) is 20.6 Å². The Morgan fingerprint density at radius 1 is 1.12 bits per heavy atom. The van der Waals surface area contributed by atoms with Gasteiger partial charge in [-0.25, -0.2) is 4.79 Å². The van der Waals surface area contributed by atoms with Gasteiger partial charge in [-0.05, 0) is 44.2 Å². The summed E-state index contributed by atoms with van der Waals surface area (Å²) in [5.41, 5.74) is 1.87. The molecule has 1 fully saturated rings. The van der Waals surface area contributed by atoms with Crippen molar-refractivity contribution in [2.45, 2.75) is 44.8 Å². The number of urea groups is 1. The van der Waals surface area contributed by atoms with Gasteiger partial charge in [-0.2, -0.15) is 4.98 Å². The highest BCUT2D eigenvalue weighted by Gasteiger charge is 2.24. The van der Waals surface area contributed by atoms with Gasteiger partial charge in [-0.3, -0.25) is 4.98 Å². The van der Waals surface area contributed by atoms with Crippen LogP contribution in [-0.4, -0.2) is 35.3 Å². The van der Waals surface area contributed by atoms with Crippen LogP contribution in [0.1, 0.15) is 31.2 Å². The molecule has 7 heteroatoms. The van der Waals surface area contributed by atoms with E-state index in [4.69, 9.17) is 9.47 Å². The third kappa shape index (κ3) is 4.84. The second kappa shape index (κ2) is 8.51. The SMILES string of the molecule is COc1cncc(OC2CCC(NC(=O)Nc3ccccc3C)CC2)n1. The quantitative estimate of drug-likeness (QED) is 0.858. The van der Waals surface area contributed by atoms with Crippen LogP contribution in [0.2, 0.25) is 0 Å². The predicted octanol–water partition coefficient (Wildman–Crippen LogP) is 3.31. The van der Waals surface area contributed by atoms with E-state index < -0.39 is 0 Å². The lowest BCUT2D eigenvalue weighted by molar-refractivity contribution is 0.134. The maximum absolute atomic E-state index is 12.2. The van der Waals surface area contributed by atoms with Crippen LogP contribution in [0.15, 0.2) is 36.7 Å². The lowest BCUT2D eigenvalue weighted by Crippen LogP contribution is -2.41. The molecule has 0 radical (unpaired) electrons. The van der Waals surface area contributed by atoms with Gasteiger partial charge in [0.1, 0.15) is 6.10 Å². The topological polar surface area (TPSA) is 85.4 Å². The molecule has 2 amide bonds. The minimum atomic E-state index is -0.165. The van der Waals surface area contributed by atoms with Crippen molar-refractivity contribution in [1.29, 1.82) is 0 Å². The summed E-state index contributed by atoms with van der Waals surface area (Å²) >= 11 is 0. The van der Waals surface area contributed by atoms with Crippen molar-refractivity contribution in [1.82, 2.24) is 15.3 Å². The third-order valence-corrected chi connectivity index (χ3v) is 4.49. The molecule has 1 aliphatic rings. The number of nitrogens with one attached hydrogen (secondary N) is 2. The van der Waals surface area contributed by atoms with Gasteiger partial charge in [0, 0.05) is 11.7 Å². The Morgan fingerprint density at radius 2 is 1.85 bits per heavy atom. The van der Waals surface area contributed by atoms with E-state index in [1.54, 1.807) is 19.5 Å². The van der Waals surface area contributed by atoms with Gasteiger partial charge in [-0.1, -0.05) is 18.2 Å². The summed E-state index contributed by atoms with van der Waals surface area (Å²) in [6, 6.07) is 7.71. The van der Waals surface area contributed by atoms with E-state index in [9.17, 15) is 4.79 Å². The molecule has 1 aromatic heterocycles. The summed E-state index contributed by atoms with van der Waals surface area (Å²) in [4.78, 5) is 20.5. The van der Waals surface area contributed by atoms with E-state index in [0.29, 0.717) is 11.8 Å². The number of aromatic nitrogens is 2. The Labute approximate surface area is 153 Å². The van der Waals surface area contributed by atoms with Crippen molar-refractivity contribution in [2.24, 2.45) is 0 Å². The smallest absolute Gasteiger partial charge is 0.319 e. The summed E-state index contributed by atoms with van der Waals surface area (Å²) in [5, 5.41) is 5.95. The molecule has 0 spiro atoms. The van der Waals surface area contributed by atoms with Gasteiger partial charge in [0.2, 0.25) is 11.8 Å². The number of amides is 2. The molecular formula is C19H24N4O3. The number of benzene rings is 1. The highest BCUT2D eigenvalue weighted by atomic mass is 16.5. The Kier molecular flexibility index (Phi) is 5.88. The summed E-state index contributed by atoms with van der Waals surface area (Å²) in [6.45, 7) is 1.97. The number of hydrogen-bond donors (Lipinski definition) is 2. The van der Waals surface area contributed by atoms with Gasteiger partial charge in [0.05, 0.1) is 19.5 Å². The number of para-hydroxylation sites is 1. The van der Waals surface area contributed by atoms with Gasteiger partial charge in [0.25, 0.3) is 0 Å². The number of carbonyl (C=O) groups is 1. The minimum Gasteiger partial charge on any atom is -0.480 e. The van der Waals surface area contributed by atoms with Crippen LogP contribution in [0.3, 0.4) is 0 Å². The van der Waals surface area contributed by atoms with Crippen LogP contribution in [0.4, 0.5) is 10.5 Å². The Hall–Kier alpha value is -2.83. The maximum atomic E-state index is 12.2. The van der Waals surface area contributed by atoms with Crippen LogP contribution >= 0.6 is 0 Å².